The zero-order chi connectivity index (χ0) is 14.4. The van der Waals surface area contributed by atoms with Gasteiger partial charge in [-0.25, -0.2) is 4.79 Å². The Morgan fingerprint density at radius 3 is 2.45 bits per heavy atom. The van der Waals surface area contributed by atoms with E-state index in [4.69, 9.17) is 5.11 Å². The molecule has 2 saturated carbocycles. The average Bonchev–Trinajstić information content (AvgIpc) is 3.07. The highest BCUT2D eigenvalue weighted by Crippen LogP contribution is 2.31. The number of nitrogens with one attached hydrogen (secondary N) is 2. The van der Waals surface area contributed by atoms with Crippen molar-refractivity contribution in [3.05, 3.63) is 0 Å². The minimum absolute atomic E-state index is 0.0908. The van der Waals surface area contributed by atoms with Crippen molar-refractivity contribution in [3.63, 3.8) is 0 Å². The Balaban J connectivity index is 1.58. The molecule has 3 N–H and O–H groups in total. The molecule has 2 fully saturated rings. The van der Waals surface area contributed by atoms with Crippen LogP contribution in [-0.4, -0.2) is 30.2 Å². The summed E-state index contributed by atoms with van der Waals surface area (Å²) in [6.07, 6.45) is 8.91. The third kappa shape index (κ3) is 4.39. The van der Waals surface area contributed by atoms with Gasteiger partial charge in [0.25, 0.3) is 0 Å². The molecule has 2 rings (SSSR count). The molecule has 0 aliphatic heterocycles. The van der Waals surface area contributed by atoms with Crippen LogP contribution in [0.5, 0.6) is 0 Å². The lowest BCUT2D eigenvalue weighted by molar-refractivity contribution is -0.142. The van der Waals surface area contributed by atoms with Crippen LogP contribution in [0.15, 0.2) is 0 Å². The lowest BCUT2D eigenvalue weighted by atomic mass is 9.96. The summed E-state index contributed by atoms with van der Waals surface area (Å²) in [7, 11) is 0. The molecule has 2 atom stereocenters. The first-order valence-corrected chi connectivity index (χ1v) is 7.91. The summed E-state index contributed by atoms with van der Waals surface area (Å²) < 4.78 is 0. The highest BCUT2D eigenvalue weighted by molar-refractivity contribution is 5.74. The van der Waals surface area contributed by atoms with Gasteiger partial charge in [0.2, 0.25) is 0 Å². The first-order valence-electron chi connectivity index (χ1n) is 7.91. The van der Waals surface area contributed by atoms with Crippen molar-refractivity contribution in [3.8, 4) is 0 Å². The highest BCUT2D eigenvalue weighted by atomic mass is 16.4. The molecule has 2 aliphatic carbocycles. The Bertz CT molecular complexity index is 340. The van der Waals surface area contributed by atoms with E-state index < -0.39 is 5.97 Å². The normalized spacial score (nSPS) is 26.6. The van der Waals surface area contributed by atoms with Crippen molar-refractivity contribution in [2.75, 3.05) is 13.1 Å². The smallest absolute Gasteiger partial charge is 0.314 e. The topological polar surface area (TPSA) is 78.4 Å². The molecule has 114 valence electrons. The van der Waals surface area contributed by atoms with Crippen LogP contribution < -0.4 is 10.6 Å². The Morgan fingerprint density at radius 2 is 1.75 bits per heavy atom. The molecule has 2 amide bonds. The van der Waals surface area contributed by atoms with E-state index in [1.54, 1.807) is 0 Å². The van der Waals surface area contributed by atoms with Gasteiger partial charge in [0.15, 0.2) is 0 Å². The summed E-state index contributed by atoms with van der Waals surface area (Å²) in [6, 6.07) is -0.154. The standard InChI is InChI=1S/C15H26N2O3/c18-14(19)13-7-3-6-12(13)10-17-15(20)16-9-8-11-4-1-2-5-11/h11-13H,1-10H2,(H,18,19)(H2,16,17,20). The van der Waals surface area contributed by atoms with E-state index in [2.05, 4.69) is 10.6 Å². The van der Waals surface area contributed by atoms with E-state index in [1.807, 2.05) is 0 Å². The number of amides is 2. The van der Waals surface area contributed by atoms with E-state index in [9.17, 15) is 9.59 Å². The summed E-state index contributed by atoms with van der Waals surface area (Å²) in [5.74, 6) is -0.140. The highest BCUT2D eigenvalue weighted by Gasteiger charge is 2.32. The summed E-state index contributed by atoms with van der Waals surface area (Å²) >= 11 is 0. The van der Waals surface area contributed by atoms with Gasteiger partial charge in [0, 0.05) is 13.1 Å². The van der Waals surface area contributed by atoms with Crippen LogP contribution in [0, 0.1) is 17.8 Å². The van der Waals surface area contributed by atoms with Crippen LogP contribution in [0.3, 0.4) is 0 Å². The van der Waals surface area contributed by atoms with E-state index in [0.717, 1.165) is 38.1 Å². The first-order chi connectivity index (χ1) is 9.66. The Labute approximate surface area is 120 Å². The molecule has 0 aromatic carbocycles. The molecule has 0 radical (unpaired) electrons. The molecular formula is C15H26N2O3. The number of carboxylic acids is 1. The van der Waals surface area contributed by atoms with Gasteiger partial charge in [-0.2, -0.15) is 0 Å². The van der Waals surface area contributed by atoms with Crippen LogP contribution in [0.2, 0.25) is 0 Å². The van der Waals surface area contributed by atoms with Crippen LogP contribution >= 0.6 is 0 Å². The van der Waals surface area contributed by atoms with E-state index in [0.29, 0.717) is 6.54 Å². The van der Waals surface area contributed by atoms with Crippen molar-refractivity contribution < 1.29 is 14.7 Å². The molecule has 5 nitrogen and oxygen atoms in total. The number of carbonyl (C=O) groups is 2. The maximum atomic E-state index is 11.7. The fourth-order valence-corrected chi connectivity index (χ4v) is 3.58. The van der Waals surface area contributed by atoms with Gasteiger partial charge >= 0.3 is 12.0 Å². The van der Waals surface area contributed by atoms with Crippen LogP contribution in [0.4, 0.5) is 4.79 Å². The number of rotatable bonds is 6. The van der Waals surface area contributed by atoms with Crippen molar-refractivity contribution in [2.45, 2.75) is 51.4 Å². The maximum absolute atomic E-state index is 11.7. The fourth-order valence-electron chi connectivity index (χ4n) is 3.58. The number of hydrogen-bond acceptors (Lipinski definition) is 2. The maximum Gasteiger partial charge on any atom is 0.314 e. The molecule has 2 aliphatic rings. The molecular weight excluding hydrogens is 256 g/mol. The van der Waals surface area contributed by atoms with E-state index in [1.165, 1.54) is 25.7 Å². The summed E-state index contributed by atoms with van der Waals surface area (Å²) in [5.41, 5.74) is 0. The summed E-state index contributed by atoms with van der Waals surface area (Å²) in [4.78, 5) is 22.7. The van der Waals surface area contributed by atoms with E-state index >= 15 is 0 Å². The molecule has 5 heteroatoms. The van der Waals surface area contributed by atoms with Crippen molar-refractivity contribution >= 4 is 12.0 Å². The number of carbonyl (C=O) groups excluding carboxylic acids is 1. The minimum atomic E-state index is -0.726. The van der Waals surface area contributed by atoms with Gasteiger partial charge < -0.3 is 15.7 Å². The first kappa shape index (κ1) is 15.1. The lowest BCUT2D eigenvalue weighted by Crippen LogP contribution is -2.40. The van der Waals surface area contributed by atoms with E-state index in [-0.39, 0.29) is 17.9 Å². The zero-order valence-electron chi connectivity index (χ0n) is 12.1. The molecule has 20 heavy (non-hydrogen) atoms. The van der Waals surface area contributed by atoms with Crippen molar-refractivity contribution in [1.29, 1.82) is 0 Å². The quantitative estimate of drug-likeness (QED) is 0.700. The molecule has 0 heterocycles. The number of carboxylic acid groups (broad SMARTS) is 1. The molecule has 0 aromatic heterocycles. The van der Waals surface area contributed by atoms with Gasteiger partial charge in [-0.3, -0.25) is 4.79 Å². The Hall–Kier alpha value is -1.26. The number of hydrogen-bond donors (Lipinski definition) is 3. The number of aliphatic carboxylic acids is 1. The fraction of sp³-hybridized carbons (Fsp3) is 0.867. The predicted molar refractivity (Wildman–Crippen MR) is 76.4 cm³/mol. The van der Waals surface area contributed by atoms with Crippen molar-refractivity contribution in [1.82, 2.24) is 10.6 Å². The average molecular weight is 282 g/mol. The largest absolute Gasteiger partial charge is 0.481 e. The zero-order valence-corrected chi connectivity index (χ0v) is 12.1. The SMILES string of the molecule is O=C(NCCC1CCCC1)NCC1CCCC1C(=O)O. The molecule has 0 bridgehead atoms. The summed E-state index contributed by atoms with van der Waals surface area (Å²) in [6.45, 7) is 1.20. The monoisotopic (exact) mass is 282 g/mol. The van der Waals surface area contributed by atoms with Crippen LogP contribution in [0.25, 0.3) is 0 Å². The Morgan fingerprint density at radius 1 is 1.00 bits per heavy atom. The third-order valence-electron chi connectivity index (χ3n) is 4.81. The lowest BCUT2D eigenvalue weighted by Gasteiger charge is -2.17. The van der Waals surface area contributed by atoms with Crippen LogP contribution in [0.1, 0.15) is 51.4 Å². The molecule has 0 spiro atoms. The Kier molecular flexibility index (Phi) is 5.68. The third-order valence-corrected chi connectivity index (χ3v) is 4.81. The minimum Gasteiger partial charge on any atom is -0.481 e. The van der Waals surface area contributed by atoms with Gasteiger partial charge in [0.1, 0.15) is 0 Å². The van der Waals surface area contributed by atoms with Gasteiger partial charge in [-0.05, 0) is 31.1 Å². The van der Waals surface area contributed by atoms with Crippen molar-refractivity contribution in [2.24, 2.45) is 17.8 Å². The predicted octanol–water partition coefficient (Wildman–Crippen LogP) is 2.37. The number of urea groups is 1. The molecule has 0 aromatic rings. The van der Waals surface area contributed by atoms with Crippen LogP contribution in [-0.2, 0) is 4.79 Å². The van der Waals surface area contributed by atoms with Gasteiger partial charge in [-0.1, -0.05) is 32.1 Å². The van der Waals surface area contributed by atoms with Gasteiger partial charge in [0.05, 0.1) is 5.92 Å². The molecule has 2 unspecified atom stereocenters. The second-order valence-electron chi connectivity index (χ2n) is 6.21. The second-order valence-corrected chi connectivity index (χ2v) is 6.21. The van der Waals surface area contributed by atoms with Gasteiger partial charge in [-0.15, -0.1) is 0 Å². The second kappa shape index (κ2) is 7.50. The molecule has 0 saturated heterocycles. The summed E-state index contributed by atoms with van der Waals surface area (Å²) in [5, 5.41) is 14.8.